The van der Waals surface area contributed by atoms with Crippen molar-refractivity contribution >= 4 is 11.9 Å². The van der Waals surface area contributed by atoms with Crippen LogP contribution < -0.4 is 14.8 Å². The number of methoxy groups -OCH3 is 1. The van der Waals surface area contributed by atoms with Crippen LogP contribution >= 0.6 is 0 Å². The SMILES string of the molecule is CCOc1ccc(C(CC(=O)O)NC(=O)C2CCCCC2)cc1OC. The maximum Gasteiger partial charge on any atom is 0.305 e. The molecule has 1 unspecified atom stereocenters. The Labute approximate surface area is 148 Å². The minimum absolute atomic E-state index is 0.0189. The molecular weight excluding hydrogens is 322 g/mol. The minimum atomic E-state index is -0.957. The van der Waals surface area contributed by atoms with Crippen molar-refractivity contribution in [1.29, 1.82) is 0 Å². The zero-order valence-electron chi connectivity index (χ0n) is 14.9. The number of aliphatic carboxylic acids is 1. The highest BCUT2D eigenvalue weighted by molar-refractivity contribution is 5.80. The normalized spacial score (nSPS) is 16.1. The summed E-state index contributed by atoms with van der Waals surface area (Å²) in [5.74, 6) is 0.0957. The van der Waals surface area contributed by atoms with Gasteiger partial charge in [-0.2, -0.15) is 0 Å². The standard InChI is InChI=1S/C19H27NO5/c1-3-25-16-10-9-14(11-17(16)24-2)15(12-18(21)22)20-19(23)13-7-5-4-6-8-13/h9-11,13,15H,3-8,12H2,1-2H3,(H,20,23)(H,21,22). The Bertz CT molecular complexity index is 595. The highest BCUT2D eigenvalue weighted by Gasteiger charge is 2.25. The van der Waals surface area contributed by atoms with Crippen LogP contribution in [-0.2, 0) is 9.59 Å². The molecule has 138 valence electrons. The van der Waals surface area contributed by atoms with Crippen LogP contribution in [0.15, 0.2) is 18.2 Å². The molecule has 1 atom stereocenters. The molecule has 0 aliphatic heterocycles. The van der Waals surface area contributed by atoms with Gasteiger partial charge in [0.25, 0.3) is 0 Å². The summed E-state index contributed by atoms with van der Waals surface area (Å²) >= 11 is 0. The number of ether oxygens (including phenoxy) is 2. The Hall–Kier alpha value is -2.24. The number of amides is 1. The summed E-state index contributed by atoms with van der Waals surface area (Å²) in [6, 6.07) is 4.68. The second-order valence-electron chi connectivity index (χ2n) is 6.34. The molecule has 6 nitrogen and oxygen atoms in total. The summed E-state index contributed by atoms with van der Waals surface area (Å²) in [4.78, 5) is 23.8. The third kappa shape index (κ3) is 5.37. The molecule has 0 spiro atoms. The van der Waals surface area contributed by atoms with Crippen LogP contribution in [-0.4, -0.2) is 30.7 Å². The summed E-state index contributed by atoms with van der Waals surface area (Å²) in [5, 5.41) is 12.1. The van der Waals surface area contributed by atoms with Gasteiger partial charge in [-0.3, -0.25) is 9.59 Å². The van der Waals surface area contributed by atoms with Crippen molar-refractivity contribution in [1.82, 2.24) is 5.32 Å². The van der Waals surface area contributed by atoms with Crippen molar-refractivity contribution in [2.24, 2.45) is 5.92 Å². The van der Waals surface area contributed by atoms with Crippen molar-refractivity contribution in [2.75, 3.05) is 13.7 Å². The van der Waals surface area contributed by atoms with E-state index in [0.717, 1.165) is 25.7 Å². The lowest BCUT2D eigenvalue weighted by Gasteiger charge is -2.25. The van der Waals surface area contributed by atoms with Crippen LogP contribution in [0.25, 0.3) is 0 Å². The first-order chi connectivity index (χ1) is 12.0. The molecule has 1 amide bonds. The summed E-state index contributed by atoms with van der Waals surface area (Å²) in [6.45, 7) is 2.39. The van der Waals surface area contributed by atoms with Gasteiger partial charge < -0.3 is 19.9 Å². The van der Waals surface area contributed by atoms with Gasteiger partial charge in [0.2, 0.25) is 5.91 Å². The van der Waals surface area contributed by atoms with Gasteiger partial charge in [0.1, 0.15) is 0 Å². The predicted octanol–water partition coefficient (Wildman–Crippen LogP) is 3.31. The van der Waals surface area contributed by atoms with Crippen molar-refractivity contribution in [2.45, 2.75) is 51.5 Å². The van der Waals surface area contributed by atoms with E-state index in [-0.39, 0.29) is 18.2 Å². The van der Waals surface area contributed by atoms with Crippen LogP contribution in [0.4, 0.5) is 0 Å². The number of rotatable bonds is 8. The monoisotopic (exact) mass is 349 g/mol. The fourth-order valence-electron chi connectivity index (χ4n) is 3.26. The number of carbonyl (C=O) groups excluding carboxylic acids is 1. The van der Waals surface area contributed by atoms with Crippen LogP contribution in [0.3, 0.4) is 0 Å². The molecule has 1 aliphatic rings. The van der Waals surface area contributed by atoms with E-state index in [2.05, 4.69) is 5.32 Å². The molecular formula is C19H27NO5. The van der Waals surface area contributed by atoms with Crippen LogP contribution in [0.1, 0.15) is 57.1 Å². The van der Waals surface area contributed by atoms with Gasteiger partial charge in [-0.15, -0.1) is 0 Å². The number of carboxylic acid groups (broad SMARTS) is 1. The Morgan fingerprint density at radius 2 is 1.96 bits per heavy atom. The maximum atomic E-state index is 12.5. The molecule has 1 fully saturated rings. The Kier molecular flexibility index (Phi) is 7.10. The van der Waals surface area contributed by atoms with Gasteiger partial charge in [0.05, 0.1) is 26.2 Å². The van der Waals surface area contributed by atoms with E-state index in [1.54, 1.807) is 18.2 Å². The third-order valence-corrected chi connectivity index (χ3v) is 4.56. The second-order valence-corrected chi connectivity index (χ2v) is 6.34. The molecule has 0 heterocycles. The Balaban J connectivity index is 2.18. The average Bonchev–Trinajstić information content (AvgIpc) is 2.62. The van der Waals surface area contributed by atoms with E-state index < -0.39 is 12.0 Å². The highest BCUT2D eigenvalue weighted by atomic mass is 16.5. The van der Waals surface area contributed by atoms with Gasteiger partial charge in [0, 0.05) is 5.92 Å². The van der Waals surface area contributed by atoms with Crippen molar-refractivity contribution in [3.05, 3.63) is 23.8 Å². The summed E-state index contributed by atoms with van der Waals surface area (Å²) in [5.41, 5.74) is 0.701. The quantitative estimate of drug-likeness (QED) is 0.752. The van der Waals surface area contributed by atoms with Gasteiger partial charge >= 0.3 is 5.97 Å². The van der Waals surface area contributed by atoms with Crippen LogP contribution in [0.2, 0.25) is 0 Å². The molecule has 1 aromatic rings. The fourth-order valence-corrected chi connectivity index (χ4v) is 3.26. The zero-order valence-corrected chi connectivity index (χ0v) is 14.9. The van der Waals surface area contributed by atoms with E-state index in [9.17, 15) is 14.7 Å². The van der Waals surface area contributed by atoms with Crippen molar-refractivity contribution in [3.63, 3.8) is 0 Å². The zero-order chi connectivity index (χ0) is 18.2. The Morgan fingerprint density at radius 3 is 2.56 bits per heavy atom. The van der Waals surface area contributed by atoms with E-state index in [1.165, 1.54) is 13.5 Å². The Morgan fingerprint density at radius 1 is 1.24 bits per heavy atom. The molecule has 0 aromatic heterocycles. The van der Waals surface area contributed by atoms with E-state index in [0.29, 0.717) is 23.7 Å². The number of carbonyl (C=O) groups is 2. The lowest BCUT2D eigenvalue weighted by Crippen LogP contribution is -2.36. The fraction of sp³-hybridized carbons (Fsp3) is 0.579. The molecule has 0 bridgehead atoms. The molecule has 2 rings (SSSR count). The lowest BCUT2D eigenvalue weighted by atomic mass is 9.88. The first-order valence-corrected chi connectivity index (χ1v) is 8.88. The van der Waals surface area contributed by atoms with E-state index in [4.69, 9.17) is 9.47 Å². The highest BCUT2D eigenvalue weighted by Crippen LogP contribution is 2.32. The molecule has 1 aliphatic carbocycles. The third-order valence-electron chi connectivity index (χ3n) is 4.56. The first kappa shape index (κ1) is 19.1. The number of hydrogen-bond donors (Lipinski definition) is 2. The van der Waals surface area contributed by atoms with E-state index in [1.807, 2.05) is 6.92 Å². The van der Waals surface area contributed by atoms with Crippen molar-refractivity contribution < 1.29 is 24.2 Å². The number of nitrogens with one attached hydrogen (secondary N) is 1. The number of carboxylic acids is 1. The smallest absolute Gasteiger partial charge is 0.305 e. The maximum absolute atomic E-state index is 12.5. The molecule has 0 radical (unpaired) electrons. The molecule has 1 aromatic carbocycles. The molecule has 25 heavy (non-hydrogen) atoms. The summed E-state index contributed by atoms with van der Waals surface area (Å²) in [7, 11) is 1.54. The molecule has 0 saturated heterocycles. The topological polar surface area (TPSA) is 84.9 Å². The van der Waals surface area contributed by atoms with Gasteiger partial charge in [-0.1, -0.05) is 25.3 Å². The average molecular weight is 349 g/mol. The number of benzene rings is 1. The molecule has 1 saturated carbocycles. The molecule has 2 N–H and O–H groups in total. The summed E-state index contributed by atoms with van der Waals surface area (Å²) in [6.07, 6.45) is 4.85. The lowest BCUT2D eigenvalue weighted by molar-refractivity contribution is -0.138. The van der Waals surface area contributed by atoms with E-state index >= 15 is 0 Å². The summed E-state index contributed by atoms with van der Waals surface area (Å²) < 4.78 is 10.8. The largest absolute Gasteiger partial charge is 0.493 e. The second kappa shape index (κ2) is 9.30. The predicted molar refractivity (Wildman–Crippen MR) is 93.9 cm³/mol. The first-order valence-electron chi connectivity index (χ1n) is 8.88. The van der Waals surface area contributed by atoms with Crippen molar-refractivity contribution in [3.8, 4) is 11.5 Å². The van der Waals surface area contributed by atoms with Crippen LogP contribution in [0, 0.1) is 5.92 Å². The van der Waals surface area contributed by atoms with Crippen LogP contribution in [0.5, 0.6) is 11.5 Å². The molecule has 6 heteroatoms. The number of hydrogen-bond acceptors (Lipinski definition) is 4. The van der Waals surface area contributed by atoms with Gasteiger partial charge in [-0.25, -0.2) is 0 Å². The minimum Gasteiger partial charge on any atom is -0.493 e. The van der Waals surface area contributed by atoms with Gasteiger partial charge in [0.15, 0.2) is 11.5 Å². The van der Waals surface area contributed by atoms with Gasteiger partial charge in [-0.05, 0) is 37.5 Å².